The number of aliphatic hydroxyl groups excluding tert-OH is 6. The van der Waals surface area contributed by atoms with Crippen LogP contribution in [0.1, 0.15) is 177 Å². The van der Waals surface area contributed by atoms with Gasteiger partial charge < -0.3 is 148 Å². The SMILES string of the molecule is C.C.CCCCC[C@H](NC(=O)CO[C@@H]1C(O)[C@@H](OC)OC(CO[C@H]2OC(COC)[C@@H](O)[C@H](OCC(=O)O)C2O)[C@H]1O)C(=O)OCC.CCOC(=O)[C@H](CCCCNC(=O)COCC(=O)O[C@@H](C(=O)O[C@H]1C[C@@]2(O)[C@@H](OC(=O)c3ccccc3)[C@@H]3[C@]4(OC(C)=O)CO[C@@H]4C[C@H](O)[C@@]3(C)C(=O)[C@H](O)C(=C1C)C2(C)C)C(NC(=O)OC(C)(C)C)c1ccccc1)CC(=O)CNC(=O)CNC(=O)NC(=O)COC. The average Bonchev–Trinajstić information content (AvgIpc) is 0.667. The molecule has 46 heteroatoms. The van der Waals surface area contributed by atoms with Gasteiger partial charge in [-0.1, -0.05) is 110 Å². The third-order valence-electron chi connectivity index (χ3n) is 24.2. The Morgan fingerprint density at radius 2 is 1.24 bits per heavy atom. The van der Waals surface area contributed by atoms with E-state index in [1.807, 2.05) is 12.2 Å². The summed E-state index contributed by atoms with van der Waals surface area (Å²) in [6.07, 6.45) is -23.5. The van der Waals surface area contributed by atoms with E-state index in [0.29, 0.717) is 25.7 Å². The molecule has 3 heterocycles. The van der Waals surface area contributed by atoms with E-state index in [0.717, 1.165) is 19.8 Å². The van der Waals surface area contributed by atoms with E-state index in [1.165, 1.54) is 73.3 Å². The quantitative estimate of drug-likeness (QED) is 0.0188. The number of nitrogens with one attached hydrogen (secondary N) is 6. The molecule has 5 unspecified atom stereocenters. The Bertz CT molecular complexity index is 4460. The number of urea groups is 1. The Labute approximate surface area is 805 Å². The lowest BCUT2D eigenvalue weighted by atomic mass is 9.44. The number of carbonyl (C=O) groups excluding carboxylic acids is 14. The monoisotopic (exact) mass is 1980 g/mol. The molecule has 0 aromatic heterocycles. The normalized spacial score (nSPS) is 27.4. The fourth-order valence-corrected chi connectivity index (χ4v) is 17.4. The van der Waals surface area contributed by atoms with Crippen molar-refractivity contribution in [3.05, 3.63) is 82.9 Å². The summed E-state index contributed by atoms with van der Waals surface area (Å²) in [5.74, 6) is -14.0. The van der Waals surface area contributed by atoms with Crippen molar-refractivity contribution in [1.82, 2.24) is 31.9 Å². The Balaban J connectivity index is 0.000000621. The van der Waals surface area contributed by atoms with Crippen molar-refractivity contribution in [1.29, 1.82) is 0 Å². The second-order valence-corrected chi connectivity index (χ2v) is 35.4. The minimum Gasteiger partial charge on any atom is -0.480 e. The number of rotatable bonds is 47. The minimum atomic E-state index is -2.53. The second-order valence-electron chi connectivity index (χ2n) is 35.4. The van der Waals surface area contributed by atoms with Crippen LogP contribution in [-0.2, 0) is 138 Å². The number of Topliss-reactive ketones (excluding diaryl/α,β-unsaturated/α-hetero) is 2. The van der Waals surface area contributed by atoms with Gasteiger partial charge in [0, 0.05) is 59.5 Å². The van der Waals surface area contributed by atoms with E-state index >= 15 is 9.59 Å². The van der Waals surface area contributed by atoms with Crippen molar-refractivity contribution < 1.29 is 193 Å². The lowest BCUT2D eigenvalue weighted by Gasteiger charge is -2.67. The van der Waals surface area contributed by atoms with E-state index in [9.17, 15) is 98.1 Å². The molecular formula is C93H140N6O40. The Hall–Kier alpha value is -10.2. The number of methoxy groups -OCH3 is 3. The fraction of sp³-hybridized carbons (Fsp3) is 0.688. The lowest BCUT2D eigenvalue weighted by molar-refractivity contribution is -0.346. The van der Waals surface area contributed by atoms with Gasteiger partial charge in [-0.05, 0) is 96.6 Å². The molecule has 23 atom stereocenters. The highest BCUT2D eigenvalue weighted by Gasteiger charge is 2.78. The summed E-state index contributed by atoms with van der Waals surface area (Å²) in [5.41, 5.74) is -9.39. The van der Waals surface area contributed by atoms with Gasteiger partial charge in [0.05, 0.1) is 75.0 Å². The molecule has 0 radical (unpaired) electrons. The van der Waals surface area contributed by atoms with E-state index in [4.69, 9.17) is 80.9 Å². The van der Waals surface area contributed by atoms with Crippen LogP contribution in [0.4, 0.5) is 9.59 Å². The van der Waals surface area contributed by atoms with Crippen LogP contribution < -0.4 is 31.9 Å². The second kappa shape index (κ2) is 55.2. The number of carboxylic acid groups (broad SMARTS) is 1. The highest BCUT2D eigenvalue weighted by atomic mass is 16.7. The highest BCUT2D eigenvalue weighted by molar-refractivity contribution is 5.97. The third-order valence-corrected chi connectivity index (χ3v) is 24.2. The van der Waals surface area contributed by atoms with Crippen LogP contribution in [0.25, 0.3) is 0 Å². The van der Waals surface area contributed by atoms with Crippen LogP contribution in [0.2, 0.25) is 0 Å². The number of hydrogen-bond acceptors (Lipinski definition) is 39. The van der Waals surface area contributed by atoms with E-state index < -0.39 is 291 Å². The van der Waals surface area contributed by atoms with Crippen LogP contribution in [0.3, 0.4) is 0 Å². The number of alkyl carbamates (subject to hydrolysis) is 1. The summed E-state index contributed by atoms with van der Waals surface area (Å²) in [6, 6.07) is 11.9. The lowest BCUT2D eigenvalue weighted by Crippen LogP contribution is -2.81. The van der Waals surface area contributed by atoms with Gasteiger partial charge in [-0.15, -0.1) is 0 Å². The number of aliphatic carboxylic acids is 1. The van der Waals surface area contributed by atoms with Crippen molar-refractivity contribution in [2.75, 3.05) is 107 Å². The minimum absolute atomic E-state index is 0. The molecule has 782 valence electrons. The zero-order valence-electron chi connectivity index (χ0n) is 79.2. The number of carbonyl (C=O) groups is 15. The van der Waals surface area contributed by atoms with Crippen LogP contribution in [0.5, 0.6) is 0 Å². The Morgan fingerprint density at radius 1 is 0.633 bits per heavy atom. The number of unbranched alkanes of at least 4 members (excludes halogenated alkanes) is 3. The molecule has 6 aliphatic rings. The van der Waals surface area contributed by atoms with Crippen molar-refractivity contribution in [2.45, 2.75) is 282 Å². The predicted molar refractivity (Wildman–Crippen MR) is 481 cm³/mol. The molecule has 2 aromatic carbocycles. The summed E-state index contributed by atoms with van der Waals surface area (Å²) in [5, 5.41) is 104. The topological polar surface area (TPSA) is 647 Å². The van der Waals surface area contributed by atoms with Crippen LogP contribution in [-0.4, -0.2) is 358 Å². The summed E-state index contributed by atoms with van der Waals surface area (Å²) >= 11 is 0. The Morgan fingerprint density at radius 3 is 1.83 bits per heavy atom. The number of amides is 7. The van der Waals surface area contributed by atoms with Gasteiger partial charge in [-0.2, -0.15) is 0 Å². The van der Waals surface area contributed by atoms with Gasteiger partial charge in [0.25, 0.3) is 5.91 Å². The maximum Gasteiger partial charge on any atom is 0.408 e. The molecule has 46 nitrogen and oxygen atoms in total. The van der Waals surface area contributed by atoms with Gasteiger partial charge in [0.2, 0.25) is 23.8 Å². The maximum atomic E-state index is 15.3. The van der Waals surface area contributed by atoms with Crippen LogP contribution in [0, 0.1) is 22.7 Å². The van der Waals surface area contributed by atoms with Crippen LogP contribution >= 0.6 is 0 Å². The summed E-state index contributed by atoms with van der Waals surface area (Å²) in [6.45, 7) is 11.5. The molecule has 3 saturated heterocycles. The maximum absolute atomic E-state index is 15.3. The van der Waals surface area contributed by atoms with Crippen molar-refractivity contribution in [3.63, 3.8) is 0 Å². The largest absolute Gasteiger partial charge is 0.480 e. The number of carboxylic acids is 1. The first-order valence-corrected chi connectivity index (χ1v) is 45.0. The average molecular weight is 1980 g/mol. The first kappa shape index (κ1) is 119. The first-order valence-electron chi connectivity index (χ1n) is 45.0. The van der Waals surface area contributed by atoms with Gasteiger partial charge in [-0.25, -0.2) is 33.6 Å². The van der Waals surface area contributed by atoms with Crippen molar-refractivity contribution in [3.8, 4) is 0 Å². The number of hydrogen-bond donors (Lipinski definition) is 14. The molecule has 3 aliphatic carbocycles. The fourth-order valence-electron chi connectivity index (χ4n) is 17.4. The molecule has 139 heavy (non-hydrogen) atoms. The molecule has 3 aliphatic heterocycles. The molecule has 7 amide bonds. The molecule has 2 aromatic rings. The third kappa shape index (κ3) is 31.9. The number of benzene rings is 2. The van der Waals surface area contributed by atoms with Gasteiger partial charge in [0.1, 0.15) is 130 Å². The standard InChI is InChI=1S/C64H85N5O24.C27H47NO16.2CH4/c1-11-87-55(79)39(26-40(71)29-66-44(73)30-67-58(82)68-46(75)31-85-10)24-18-19-25-65-45(74)32-86-33-47(76)90-51(49(37-20-14-12-15-21-37)69-59(83)93-60(4,5)6)57(81)89-41-28-64(84)54(91-56(80)38-22-16-13-17-23-38)52-62(9,53(78)50(77)48(35(41)2)61(64,7)8)42(72)27-43-63(52,34-88-43)92-36(3)70;1-5-7-8-9-14(25(36)39-6-2)28-17(29)12-40-23-20(33)16(43-26(38-4)21(23)34)11-42-27-22(35)24(41-13-18(30)31)19(32)15(44-27)10-37-3;;/h12-17,20-23,39,41-43,49-52,54,72,77,84H,11,18-19,24-34H2,1-10H3,(H,65,74)(H,66,73)(H,69,83)(H2,67,68,75,82);14-16,19-24,26-27,32-35H,5-13H2,1-4H3,(H,28,29)(H,30,31);2*1H4/t39-,41+,42+,43-,49?,50-,51-,52+,54+,62-,63+,64-;14-,15?,16?,19+,20+,21?,22?,23-,24-,26-,27-;;/m10../s1. The molecular weight excluding hydrogens is 1840 g/mol. The predicted octanol–water partition coefficient (Wildman–Crippen LogP) is 0.785. The Kier molecular flexibility index (Phi) is 47.4. The van der Waals surface area contributed by atoms with Gasteiger partial charge in [0.15, 0.2) is 29.7 Å². The van der Waals surface area contributed by atoms with E-state index in [1.54, 1.807) is 71.0 Å². The van der Waals surface area contributed by atoms with Crippen molar-refractivity contribution >= 4 is 89.1 Å². The number of fused-ring (bicyclic) bond motifs is 5. The number of esters is 6. The highest BCUT2D eigenvalue weighted by Crippen LogP contribution is 2.64. The zero-order chi connectivity index (χ0) is 102. The number of ether oxygens (including phenoxy) is 17. The zero-order valence-corrected chi connectivity index (χ0v) is 79.2. The van der Waals surface area contributed by atoms with Gasteiger partial charge >= 0.3 is 53.9 Å². The van der Waals surface area contributed by atoms with E-state index in [2.05, 4.69) is 31.3 Å². The molecule has 0 spiro atoms. The van der Waals surface area contributed by atoms with E-state index in [-0.39, 0.29) is 96.0 Å². The molecule has 8 rings (SSSR count). The van der Waals surface area contributed by atoms with Crippen molar-refractivity contribution in [2.24, 2.45) is 22.7 Å². The number of aliphatic hydroxyl groups is 7. The van der Waals surface area contributed by atoms with Crippen LogP contribution in [0.15, 0.2) is 71.8 Å². The summed E-state index contributed by atoms with van der Waals surface area (Å²) in [4.78, 5) is 196. The molecule has 5 fully saturated rings. The van der Waals surface area contributed by atoms with Gasteiger partial charge in [-0.3, -0.25) is 43.7 Å². The first-order chi connectivity index (χ1) is 64.7. The summed E-state index contributed by atoms with van der Waals surface area (Å²) < 4.78 is 94.0. The molecule has 14 N–H and O–H groups in total. The molecule has 2 saturated carbocycles. The number of ketones is 2. The summed E-state index contributed by atoms with van der Waals surface area (Å²) in [7, 11) is 3.83. The smallest absolute Gasteiger partial charge is 0.408 e. The molecule has 2 bridgehead atoms. The number of imide groups is 1.